The third-order valence-corrected chi connectivity index (χ3v) is 5.23. The molecule has 2 aromatic rings. The van der Waals surface area contributed by atoms with Crippen molar-refractivity contribution in [1.29, 1.82) is 0 Å². The van der Waals surface area contributed by atoms with Crippen LogP contribution in [0.2, 0.25) is 5.15 Å². The highest BCUT2D eigenvalue weighted by atomic mass is 35.5. The summed E-state index contributed by atoms with van der Waals surface area (Å²) in [6.45, 7) is 8.30. The van der Waals surface area contributed by atoms with E-state index < -0.39 is 0 Å². The average molecular weight is 346 g/mol. The summed E-state index contributed by atoms with van der Waals surface area (Å²) in [5.41, 5.74) is 4.41. The first-order valence-electron chi connectivity index (χ1n) is 8.48. The van der Waals surface area contributed by atoms with Gasteiger partial charge >= 0.3 is 0 Å². The van der Waals surface area contributed by atoms with Gasteiger partial charge in [0.1, 0.15) is 5.15 Å². The molecule has 1 aromatic heterocycles. The predicted molar refractivity (Wildman–Crippen MR) is 98.6 cm³/mol. The highest BCUT2D eigenvalue weighted by Crippen LogP contribution is 2.29. The van der Waals surface area contributed by atoms with Crippen LogP contribution < -0.4 is 5.32 Å². The number of hydrogen-bond acceptors (Lipinski definition) is 2. The van der Waals surface area contributed by atoms with Crippen LogP contribution in [0.15, 0.2) is 30.3 Å². The highest BCUT2D eigenvalue weighted by molar-refractivity contribution is 6.29. The predicted octanol–water partition coefficient (Wildman–Crippen LogP) is 4.03. The van der Waals surface area contributed by atoms with Crippen LogP contribution in [-0.4, -0.2) is 28.5 Å². The van der Waals surface area contributed by atoms with Crippen LogP contribution in [0.3, 0.4) is 0 Å². The number of halogens is 1. The Balaban J connectivity index is 1.70. The zero-order valence-electron chi connectivity index (χ0n) is 14.5. The molecule has 24 heavy (non-hydrogen) atoms. The third-order valence-electron chi connectivity index (χ3n) is 4.90. The van der Waals surface area contributed by atoms with Crippen molar-refractivity contribution in [3.63, 3.8) is 0 Å². The number of para-hydroxylation sites is 1. The van der Waals surface area contributed by atoms with Gasteiger partial charge in [-0.15, -0.1) is 0 Å². The number of fused-ring (bicyclic) bond motifs is 1. The number of nitrogens with one attached hydrogen (secondary N) is 1. The molecule has 1 aromatic carbocycles. The summed E-state index contributed by atoms with van der Waals surface area (Å²) in [5.74, 6) is 0.0388. The largest absolute Gasteiger partial charge is 0.333 e. The Bertz CT molecular complexity index is 753. The smallest absolute Gasteiger partial charge is 0.238 e. The number of rotatable bonds is 4. The molecule has 0 bridgehead atoms. The number of aryl methyl sites for hydroxylation is 2. The standard InChI is InChI=1S/C19H24ClN3O/c1-4-15-7-5-6-13(2)19(15)21-18(24)12-22-10-11-23-16(14(22)3)8-9-17(23)20/h5-9,14H,4,10-12H2,1-3H3,(H,21,24)/t14-/m0/s1. The van der Waals surface area contributed by atoms with Gasteiger partial charge in [-0.3, -0.25) is 9.69 Å². The second-order valence-electron chi connectivity index (χ2n) is 6.39. The maximum atomic E-state index is 12.6. The number of aromatic nitrogens is 1. The first kappa shape index (κ1) is 17.1. The first-order chi connectivity index (χ1) is 11.5. The van der Waals surface area contributed by atoms with Crippen molar-refractivity contribution in [1.82, 2.24) is 9.47 Å². The maximum Gasteiger partial charge on any atom is 0.238 e. The van der Waals surface area contributed by atoms with Gasteiger partial charge in [-0.05, 0) is 43.5 Å². The topological polar surface area (TPSA) is 37.3 Å². The van der Waals surface area contributed by atoms with Crippen LogP contribution in [0.25, 0.3) is 0 Å². The minimum atomic E-state index is 0.0388. The lowest BCUT2D eigenvalue weighted by molar-refractivity contribution is -0.118. The normalized spacial score (nSPS) is 17.6. The van der Waals surface area contributed by atoms with E-state index in [1.165, 1.54) is 11.3 Å². The Labute approximate surface area is 148 Å². The SMILES string of the molecule is CCc1cccc(C)c1NC(=O)CN1CCn2c(Cl)ccc2[C@@H]1C. The fourth-order valence-electron chi connectivity index (χ4n) is 3.45. The van der Waals surface area contributed by atoms with E-state index in [4.69, 9.17) is 11.6 Å². The summed E-state index contributed by atoms with van der Waals surface area (Å²) in [6.07, 6.45) is 0.906. The number of amides is 1. The zero-order chi connectivity index (χ0) is 17.3. The molecule has 1 aliphatic heterocycles. The van der Waals surface area contributed by atoms with Crippen LogP contribution >= 0.6 is 11.6 Å². The van der Waals surface area contributed by atoms with E-state index in [-0.39, 0.29) is 11.9 Å². The third kappa shape index (κ3) is 3.21. The van der Waals surface area contributed by atoms with Crippen molar-refractivity contribution in [2.45, 2.75) is 39.8 Å². The lowest BCUT2D eigenvalue weighted by atomic mass is 10.1. The molecule has 0 fully saturated rings. The average Bonchev–Trinajstić information content (AvgIpc) is 2.94. The molecule has 3 rings (SSSR count). The van der Waals surface area contributed by atoms with Crippen molar-refractivity contribution in [2.24, 2.45) is 0 Å². The molecule has 0 unspecified atom stereocenters. The monoisotopic (exact) mass is 345 g/mol. The summed E-state index contributed by atoms with van der Waals surface area (Å²) in [7, 11) is 0. The van der Waals surface area contributed by atoms with E-state index in [0.717, 1.165) is 35.9 Å². The molecule has 128 valence electrons. The van der Waals surface area contributed by atoms with Gasteiger partial charge in [0.15, 0.2) is 0 Å². The van der Waals surface area contributed by atoms with Crippen LogP contribution in [-0.2, 0) is 17.8 Å². The van der Waals surface area contributed by atoms with E-state index in [1.807, 2.05) is 31.2 Å². The van der Waals surface area contributed by atoms with Crippen LogP contribution in [0.1, 0.15) is 36.7 Å². The molecule has 1 atom stereocenters. The molecule has 0 saturated carbocycles. The van der Waals surface area contributed by atoms with E-state index >= 15 is 0 Å². The van der Waals surface area contributed by atoms with Crippen molar-refractivity contribution < 1.29 is 4.79 Å². The molecule has 1 aliphatic rings. The molecule has 0 spiro atoms. The van der Waals surface area contributed by atoms with Gasteiger partial charge < -0.3 is 9.88 Å². The number of hydrogen-bond donors (Lipinski definition) is 1. The van der Waals surface area contributed by atoms with Gasteiger partial charge in [-0.25, -0.2) is 0 Å². The van der Waals surface area contributed by atoms with Gasteiger partial charge in [0.25, 0.3) is 0 Å². The Hall–Kier alpha value is -1.78. The van der Waals surface area contributed by atoms with Gasteiger partial charge in [0, 0.05) is 30.5 Å². The van der Waals surface area contributed by atoms with Crippen molar-refractivity contribution >= 4 is 23.2 Å². The first-order valence-corrected chi connectivity index (χ1v) is 8.86. The molecular formula is C19H24ClN3O. The Morgan fingerprint density at radius 1 is 1.29 bits per heavy atom. The summed E-state index contributed by atoms with van der Waals surface area (Å²) in [6, 6.07) is 10.3. The fraction of sp³-hybridized carbons (Fsp3) is 0.421. The number of carbonyl (C=O) groups excluding carboxylic acids is 1. The number of carbonyl (C=O) groups is 1. The van der Waals surface area contributed by atoms with Crippen molar-refractivity contribution in [2.75, 3.05) is 18.4 Å². The minimum absolute atomic E-state index is 0.0388. The number of nitrogens with zero attached hydrogens (tertiary/aromatic N) is 2. The molecule has 0 saturated heterocycles. The van der Waals surface area contributed by atoms with Gasteiger partial charge in [0.05, 0.1) is 6.54 Å². The molecule has 2 heterocycles. The molecule has 1 amide bonds. The van der Waals surface area contributed by atoms with E-state index in [2.05, 4.69) is 34.7 Å². The van der Waals surface area contributed by atoms with Gasteiger partial charge in [-0.2, -0.15) is 0 Å². The molecular weight excluding hydrogens is 322 g/mol. The number of anilines is 1. The summed E-state index contributed by atoms with van der Waals surface area (Å²) in [5, 5.41) is 3.89. The molecule has 5 heteroatoms. The van der Waals surface area contributed by atoms with Gasteiger partial charge in [-0.1, -0.05) is 36.7 Å². The second kappa shape index (κ2) is 6.99. The van der Waals surface area contributed by atoms with Crippen molar-refractivity contribution in [3.8, 4) is 0 Å². The van der Waals surface area contributed by atoms with Gasteiger partial charge in [0.2, 0.25) is 5.91 Å². The summed E-state index contributed by atoms with van der Waals surface area (Å²) >= 11 is 6.20. The lowest BCUT2D eigenvalue weighted by Crippen LogP contribution is -2.41. The molecule has 1 N–H and O–H groups in total. The summed E-state index contributed by atoms with van der Waals surface area (Å²) in [4.78, 5) is 14.8. The molecule has 0 radical (unpaired) electrons. The Morgan fingerprint density at radius 2 is 2.08 bits per heavy atom. The zero-order valence-corrected chi connectivity index (χ0v) is 15.2. The van der Waals surface area contributed by atoms with Crippen molar-refractivity contribution in [3.05, 3.63) is 52.3 Å². The molecule has 4 nitrogen and oxygen atoms in total. The molecule has 0 aliphatic carbocycles. The summed E-state index contributed by atoms with van der Waals surface area (Å²) < 4.78 is 2.12. The lowest BCUT2D eigenvalue weighted by Gasteiger charge is -2.34. The second-order valence-corrected chi connectivity index (χ2v) is 6.78. The Kier molecular flexibility index (Phi) is 4.97. The van der Waals surface area contributed by atoms with Crippen LogP contribution in [0, 0.1) is 6.92 Å². The van der Waals surface area contributed by atoms with E-state index in [0.29, 0.717) is 6.54 Å². The van der Waals surface area contributed by atoms with Crippen LogP contribution in [0.4, 0.5) is 5.69 Å². The van der Waals surface area contributed by atoms with E-state index in [9.17, 15) is 4.79 Å². The fourth-order valence-corrected chi connectivity index (χ4v) is 3.69. The maximum absolute atomic E-state index is 12.6. The number of benzene rings is 1. The van der Waals surface area contributed by atoms with Crippen LogP contribution in [0.5, 0.6) is 0 Å². The minimum Gasteiger partial charge on any atom is -0.333 e. The Morgan fingerprint density at radius 3 is 2.83 bits per heavy atom. The van der Waals surface area contributed by atoms with E-state index in [1.54, 1.807) is 0 Å². The quantitative estimate of drug-likeness (QED) is 0.908. The highest BCUT2D eigenvalue weighted by Gasteiger charge is 2.26.